The van der Waals surface area contributed by atoms with E-state index in [2.05, 4.69) is 15.5 Å². The van der Waals surface area contributed by atoms with Crippen LogP contribution in [0, 0.1) is 12.7 Å². The Morgan fingerprint density at radius 2 is 2.00 bits per heavy atom. The van der Waals surface area contributed by atoms with Gasteiger partial charge >= 0.3 is 0 Å². The lowest BCUT2D eigenvalue weighted by molar-refractivity contribution is 0.0949. The Morgan fingerprint density at radius 1 is 1.21 bits per heavy atom. The number of methoxy groups -OCH3 is 1. The maximum Gasteiger partial charge on any atom is 0.257 e. The molecule has 0 spiro atoms. The van der Waals surface area contributed by atoms with E-state index in [-0.39, 0.29) is 18.3 Å². The second-order valence-electron chi connectivity index (χ2n) is 5.96. The second-order valence-corrected chi connectivity index (χ2v) is 5.96. The number of amides is 1. The van der Waals surface area contributed by atoms with E-state index in [4.69, 9.17) is 14.0 Å². The van der Waals surface area contributed by atoms with Crippen molar-refractivity contribution >= 4 is 5.91 Å². The Kier molecular flexibility index (Phi) is 6.33. The lowest BCUT2D eigenvalue weighted by Gasteiger charge is -2.11. The van der Waals surface area contributed by atoms with Crippen molar-refractivity contribution in [1.82, 2.24) is 15.5 Å². The maximum absolute atomic E-state index is 13.2. The van der Waals surface area contributed by atoms with E-state index in [1.165, 1.54) is 12.1 Å². The van der Waals surface area contributed by atoms with Gasteiger partial charge in [0.2, 0.25) is 5.88 Å². The van der Waals surface area contributed by atoms with Crippen molar-refractivity contribution in [3.8, 4) is 17.1 Å². The molecular weight excluding hydrogens is 365 g/mol. The number of pyridine rings is 1. The number of halogens is 1. The van der Waals surface area contributed by atoms with Gasteiger partial charge in [0.15, 0.2) is 0 Å². The summed E-state index contributed by atoms with van der Waals surface area (Å²) in [5, 5.41) is 6.78. The Morgan fingerprint density at radius 3 is 2.75 bits per heavy atom. The first-order chi connectivity index (χ1) is 13.6. The molecule has 3 rings (SSSR count). The van der Waals surface area contributed by atoms with Crippen molar-refractivity contribution in [2.24, 2.45) is 0 Å². The third-order valence-electron chi connectivity index (χ3n) is 4.02. The van der Waals surface area contributed by atoms with Crippen LogP contribution in [0.1, 0.15) is 21.7 Å². The molecule has 28 heavy (non-hydrogen) atoms. The zero-order valence-electron chi connectivity index (χ0n) is 15.6. The molecule has 8 heteroatoms. The number of hydrogen-bond donors (Lipinski definition) is 1. The molecule has 0 unspecified atom stereocenters. The summed E-state index contributed by atoms with van der Waals surface area (Å²) in [5.41, 5.74) is 1.98. The fourth-order valence-electron chi connectivity index (χ4n) is 2.62. The van der Waals surface area contributed by atoms with Crippen molar-refractivity contribution in [2.75, 3.05) is 20.3 Å². The van der Waals surface area contributed by atoms with Gasteiger partial charge in [0.05, 0.1) is 6.61 Å². The van der Waals surface area contributed by atoms with Crippen LogP contribution < -0.4 is 10.1 Å². The van der Waals surface area contributed by atoms with Crippen molar-refractivity contribution in [2.45, 2.75) is 13.5 Å². The average Bonchev–Trinajstić information content (AvgIpc) is 3.09. The van der Waals surface area contributed by atoms with E-state index in [1.807, 2.05) is 6.07 Å². The van der Waals surface area contributed by atoms with Gasteiger partial charge in [-0.15, -0.1) is 0 Å². The predicted octanol–water partition coefficient (Wildman–Crippen LogP) is 3.14. The fraction of sp³-hybridized carbons (Fsp3) is 0.250. The van der Waals surface area contributed by atoms with Crippen LogP contribution in [-0.2, 0) is 11.3 Å². The molecule has 0 aliphatic rings. The lowest BCUT2D eigenvalue weighted by Crippen LogP contribution is -2.24. The van der Waals surface area contributed by atoms with E-state index in [1.54, 1.807) is 38.4 Å². The molecule has 146 valence electrons. The minimum absolute atomic E-state index is 0.211. The smallest absolute Gasteiger partial charge is 0.257 e. The summed E-state index contributed by atoms with van der Waals surface area (Å²) in [6, 6.07) is 9.29. The van der Waals surface area contributed by atoms with Crippen LogP contribution in [0.5, 0.6) is 5.88 Å². The van der Waals surface area contributed by atoms with Crippen LogP contribution in [0.2, 0.25) is 0 Å². The van der Waals surface area contributed by atoms with Gasteiger partial charge in [-0.3, -0.25) is 4.79 Å². The van der Waals surface area contributed by atoms with Crippen LogP contribution in [0.25, 0.3) is 11.3 Å². The van der Waals surface area contributed by atoms with Crippen LogP contribution in [0.4, 0.5) is 4.39 Å². The first kappa shape index (κ1) is 19.5. The summed E-state index contributed by atoms with van der Waals surface area (Å²) in [6.45, 7) is 2.65. The van der Waals surface area contributed by atoms with Crippen molar-refractivity contribution < 1.29 is 23.2 Å². The highest BCUT2D eigenvalue weighted by molar-refractivity contribution is 6.00. The van der Waals surface area contributed by atoms with Crippen LogP contribution >= 0.6 is 0 Å². The number of hydrogen-bond acceptors (Lipinski definition) is 6. The SMILES string of the molecule is COCCOc1ncccc1CNC(=O)c1c(-c2ccc(F)cc2)noc1C. The lowest BCUT2D eigenvalue weighted by atomic mass is 10.1. The van der Waals surface area contributed by atoms with Gasteiger partial charge < -0.3 is 19.3 Å². The van der Waals surface area contributed by atoms with E-state index < -0.39 is 0 Å². The van der Waals surface area contributed by atoms with Gasteiger partial charge in [-0.05, 0) is 37.3 Å². The molecule has 0 fully saturated rings. The van der Waals surface area contributed by atoms with Crippen molar-refractivity contribution in [3.05, 3.63) is 65.3 Å². The molecule has 0 bridgehead atoms. The average molecular weight is 385 g/mol. The van der Waals surface area contributed by atoms with Crippen LogP contribution in [0.3, 0.4) is 0 Å². The fourth-order valence-corrected chi connectivity index (χ4v) is 2.62. The highest BCUT2D eigenvalue weighted by Crippen LogP contribution is 2.25. The topological polar surface area (TPSA) is 86.5 Å². The molecular formula is C20H20FN3O4. The number of carbonyl (C=O) groups is 1. The molecule has 1 N–H and O–H groups in total. The molecule has 0 aliphatic carbocycles. The van der Waals surface area contributed by atoms with Gasteiger partial charge in [0, 0.05) is 31.0 Å². The zero-order chi connectivity index (χ0) is 19.9. The van der Waals surface area contributed by atoms with E-state index in [0.29, 0.717) is 41.7 Å². The molecule has 7 nitrogen and oxygen atoms in total. The van der Waals surface area contributed by atoms with Gasteiger partial charge in [-0.25, -0.2) is 9.37 Å². The maximum atomic E-state index is 13.2. The molecule has 0 aliphatic heterocycles. The third-order valence-corrected chi connectivity index (χ3v) is 4.02. The highest BCUT2D eigenvalue weighted by Gasteiger charge is 2.22. The summed E-state index contributed by atoms with van der Waals surface area (Å²) in [5.74, 6) is 0.0811. The normalized spacial score (nSPS) is 10.7. The number of nitrogens with zero attached hydrogens (tertiary/aromatic N) is 2. The number of aryl methyl sites for hydroxylation is 1. The first-order valence-corrected chi connectivity index (χ1v) is 8.66. The molecule has 0 radical (unpaired) electrons. The molecule has 0 saturated carbocycles. The van der Waals surface area contributed by atoms with Crippen LogP contribution in [-0.4, -0.2) is 36.4 Å². The Labute approximate surface area is 161 Å². The third kappa shape index (κ3) is 4.52. The minimum Gasteiger partial charge on any atom is -0.475 e. The van der Waals surface area contributed by atoms with Gasteiger partial charge in [-0.2, -0.15) is 0 Å². The monoisotopic (exact) mass is 385 g/mol. The summed E-state index contributed by atoms with van der Waals surface area (Å²) >= 11 is 0. The zero-order valence-corrected chi connectivity index (χ0v) is 15.6. The minimum atomic E-state index is -0.368. The molecule has 2 heterocycles. The van der Waals surface area contributed by atoms with Crippen molar-refractivity contribution in [1.29, 1.82) is 0 Å². The standard InChI is InChI=1S/C20H20FN3O4/c1-13-17(18(24-28-13)14-5-7-16(21)8-6-14)19(25)23-12-15-4-3-9-22-20(15)27-11-10-26-2/h3-9H,10-12H2,1-2H3,(H,23,25). The summed E-state index contributed by atoms with van der Waals surface area (Å²) in [6.07, 6.45) is 1.62. The second kappa shape index (κ2) is 9.09. The summed E-state index contributed by atoms with van der Waals surface area (Å²) in [7, 11) is 1.59. The van der Waals surface area contributed by atoms with Crippen molar-refractivity contribution in [3.63, 3.8) is 0 Å². The predicted molar refractivity (Wildman–Crippen MR) is 99.4 cm³/mol. The Bertz CT molecular complexity index is 941. The molecule has 1 amide bonds. The Balaban J connectivity index is 1.75. The molecule has 2 aromatic heterocycles. The highest BCUT2D eigenvalue weighted by atomic mass is 19.1. The van der Waals surface area contributed by atoms with E-state index in [9.17, 15) is 9.18 Å². The molecule has 0 saturated heterocycles. The number of carbonyl (C=O) groups excluding carboxylic acids is 1. The number of ether oxygens (including phenoxy) is 2. The van der Waals surface area contributed by atoms with E-state index >= 15 is 0 Å². The largest absolute Gasteiger partial charge is 0.475 e. The van der Waals surface area contributed by atoms with E-state index in [0.717, 1.165) is 5.56 Å². The molecule has 0 atom stereocenters. The summed E-state index contributed by atoms with van der Waals surface area (Å²) < 4.78 is 28.9. The van der Waals surface area contributed by atoms with Gasteiger partial charge in [0.1, 0.15) is 29.4 Å². The van der Waals surface area contributed by atoms with Gasteiger partial charge in [-0.1, -0.05) is 11.2 Å². The quantitative estimate of drug-likeness (QED) is 0.600. The first-order valence-electron chi connectivity index (χ1n) is 8.66. The van der Waals surface area contributed by atoms with Crippen LogP contribution in [0.15, 0.2) is 47.1 Å². The molecule has 1 aromatic carbocycles. The summed E-state index contributed by atoms with van der Waals surface area (Å²) in [4.78, 5) is 17.0. The number of nitrogens with one attached hydrogen (secondary N) is 1. The van der Waals surface area contributed by atoms with Gasteiger partial charge in [0.25, 0.3) is 5.91 Å². The Hall–Kier alpha value is -3.26. The number of aromatic nitrogens is 2. The number of rotatable bonds is 8. The molecule has 3 aromatic rings. The number of benzene rings is 1.